The van der Waals surface area contributed by atoms with E-state index >= 15 is 0 Å². The fraction of sp³-hybridized carbons (Fsp3) is 0.190. The summed E-state index contributed by atoms with van der Waals surface area (Å²) in [6.07, 6.45) is 0. The second-order valence-electron chi connectivity index (χ2n) is 6.87. The Balaban J connectivity index is 1.18. The number of benzene rings is 2. The molecule has 4 aromatic rings. The van der Waals surface area contributed by atoms with E-state index in [-0.39, 0.29) is 11.9 Å². The molecule has 0 bridgehead atoms. The standard InChI is InChI=1S/C21H18N4O2S/c26-21(22-10-15-6-3-5-14-4-1-2-7-18(14)15)25-11-17(12-25)20-23-19(24-27-20)16-8-9-28-13-16/h1-9,13,17H,10-12H2,(H,22,26). The summed E-state index contributed by atoms with van der Waals surface area (Å²) in [6.45, 7) is 1.68. The van der Waals surface area contributed by atoms with Crippen molar-refractivity contribution in [1.82, 2.24) is 20.4 Å². The molecule has 140 valence electrons. The lowest BCUT2D eigenvalue weighted by molar-refractivity contribution is 0.136. The van der Waals surface area contributed by atoms with Crippen molar-refractivity contribution in [1.29, 1.82) is 0 Å². The molecule has 1 saturated heterocycles. The number of nitrogens with zero attached hydrogens (tertiary/aromatic N) is 3. The number of thiophene rings is 1. The molecule has 7 heteroatoms. The predicted molar refractivity (Wildman–Crippen MR) is 108 cm³/mol. The van der Waals surface area contributed by atoms with E-state index in [1.807, 2.05) is 41.1 Å². The number of carbonyl (C=O) groups is 1. The molecular weight excluding hydrogens is 372 g/mol. The first-order valence-corrected chi connectivity index (χ1v) is 10.1. The number of rotatable bonds is 4. The summed E-state index contributed by atoms with van der Waals surface area (Å²) in [4.78, 5) is 18.7. The molecule has 0 aliphatic carbocycles. The molecule has 0 atom stereocenters. The van der Waals surface area contributed by atoms with Crippen LogP contribution in [0.1, 0.15) is 17.4 Å². The van der Waals surface area contributed by atoms with Gasteiger partial charge in [0.2, 0.25) is 11.7 Å². The molecule has 2 aromatic carbocycles. The number of aromatic nitrogens is 2. The third kappa shape index (κ3) is 3.14. The molecule has 0 radical (unpaired) electrons. The van der Waals surface area contributed by atoms with Crippen molar-refractivity contribution in [3.63, 3.8) is 0 Å². The van der Waals surface area contributed by atoms with Gasteiger partial charge in [-0.25, -0.2) is 4.79 Å². The number of fused-ring (bicyclic) bond motifs is 1. The number of likely N-dealkylation sites (tertiary alicyclic amines) is 1. The van der Waals surface area contributed by atoms with Gasteiger partial charge >= 0.3 is 6.03 Å². The normalized spacial score (nSPS) is 14.2. The van der Waals surface area contributed by atoms with E-state index in [0.29, 0.717) is 31.3 Å². The van der Waals surface area contributed by atoms with Crippen LogP contribution in [0.15, 0.2) is 63.8 Å². The Labute approximate surface area is 165 Å². The molecule has 0 spiro atoms. The van der Waals surface area contributed by atoms with Gasteiger partial charge < -0.3 is 14.7 Å². The van der Waals surface area contributed by atoms with Crippen molar-refractivity contribution >= 4 is 28.1 Å². The third-order valence-corrected chi connectivity index (χ3v) is 5.73. The van der Waals surface area contributed by atoms with Gasteiger partial charge in [-0.2, -0.15) is 16.3 Å². The zero-order valence-electron chi connectivity index (χ0n) is 15.0. The SMILES string of the molecule is O=C(NCc1cccc2ccccc12)N1CC(c2nc(-c3ccsc3)no2)C1. The van der Waals surface area contributed by atoms with Crippen LogP contribution in [0.25, 0.3) is 22.2 Å². The lowest BCUT2D eigenvalue weighted by Crippen LogP contribution is -2.52. The molecule has 1 aliphatic heterocycles. The second kappa shape index (κ2) is 7.09. The van der Waals surface area contributed by atoms with Crippen LogP contribution in [-0.4, -0.2) is 34.2 Å². The average Bonchev–Trinajstić information content (AvgIpc) is 3.37. The minimum atomic E-state index is -0.0678. The summed E-state index contributed by atoms with van der Waals surface area (Å²) in [5, 5.41) is 13.4. The first-order chi connectivity index (χ1) is 13.8. The molecule has 3 heterocycles. The average molecular weight is 390 g/mol. The smallest absolute Gasteiger partial charge is 0.317 e. The minimum Gasteiger partial charge on any atom is -0.339 e. The van der Waals surface area contributed by atoms with Crippen LogP contribution in [0.2, 0.25) is 0 Å². The Bertz CT molecular complexity index is 1110. The molecule has 1 fully saturated rings. The zero-order chi connectivity index (χ0) is 18.9. The van der Waals surface area contributed by atoms with Gasteiger partial charge in [0.25, 0.3) is 0 Å². The van der Waals surface area contributed by atoms with Gasteiger partial charge in [-0.15, -0.1) is 0 Å². The highest BCUT2D eigenvalue weighted by Crippen LogP contribution is 2.28. The van der Waals surface area contributed by atoms with Crippen molar-refractivity contribution < 1.29 is 9.32 Å². The van der Waals surface area contributed by atoms with E-state index < -0.39 is 0 Å². The zero-order valence-corrected chi connectivity index (χ0v) is 15.9. The Morgan fingerprint density at radius 2 is 2.04 bits per heavy atom. The molecule has 2 aromatic heterocycles. The van der Waals surface area contributed by atoms with Gasteiger partial charge in [0.05, 0.1) is 5.92 Å². The summed E-state index contributed by atoms with van der Waals surface area (Å²) in [5.41, 5.74) is 2.07. The number of hydrogen-bond acceptors (Lipinski definition) is 5. The lowest BCUT2D eigenvalue weighted by Gasteiger charge is -2.36. The summed E-state index contributed by atoms with van der Waals surface area (Å²) < 4.78 is 5.38. The molecule has 28 heavy (non-hydrogen) atoms. The van der Waals surface area contributed by atoms with Crippen LogP contribution >= 0.6 is 11.3 Å². The van der Waals surface area contributed by atoms with Crippen molar-refractivity contribution in [3.8, 4) is 11.4 Å². The van der Waals surface area contributed by atoms with Crippen molar-refractivity contribution in [2.45, 2.75) is 12.5 Å². The number of carbonyl (C=O) groups excluding carboxylic acids is 1. The van der Waals surface area contributed by atoms with E-state index in [2.05, 4.69) is 33.7 Å². The van der Waals surface area contributed by atoms with Crippen LogP contribution in [0.3, 0.4) is 0 Å². The lowest BCUT2D eigenvalue weighted by atomic mass is 10.0. The fourth-order valence-electron chi connectivity index (χ4n) is 3.44. The predicted octanol–water partition coefficient (Wildman–Crippen LogP) is 4.26. The summed E-state index contributed by atoms with van der Waals surface area (Å²) >= 11 is 1.60. The Morgan fingerprint density at radius 1 is 1.18 bits per heavy atom. The summed E-state index contributed by atoms with van der Waals surface area (Å²) in [5.74, 6) is 1.30. The maximum Gasteiger partial charge on any atom is 0.317 e. The first kappa shape index (κ1) is 16.9. The molecule has 0 saturated carbocycles. The molecule has 1 aliphatic rings. The van der Waals surface area contributed by atoms with E-state index in [0.717, 1.165) is 11.1 Å². The van der Waals surface area contributed by atoms with Gasteiger partial charge in [-0.1, -0.05) is 47.6 Å². The van der Waals surface area contributed by atoms with E-state index in [9.17, 15) is 4.79 Å². The first-order valence-electron chi connectivity index (χ1n) is 9.13. The maximum absolute atomic E-state index is 12.5. The molecule has 6 nitrogen and oxygen atoms in total. The highest BCUT2D eigenvalue weighted by Gasteiger charge is 2.35. The monoisotopic (exact) mass is 390 g/mol. The molecule has 1 N–H and O–H groups in total. The fourth-order valence-corrected chi connectivity index (χ4v) is 4.07. The second-order valence-corrected chi connectivity index (χ2v) is 7.65. The van der Waals surface area contributed by atoms with Crippen molar-refractivity contribution in [3.05, 3.63) is 70.7 Å². The number of nitrogens with one attached hydrogen (secondary N) is 1. The Morgan fingerprint density at radius 3 is 2.89 bits per heavy atom. The molecular formula is C21H18N4O2S. The van der Waals surface area contributed by atoms with Crippen LogP contribution in [0.5, 0.6) is 0 Å². The Hall–Kier alpha value is -3.19. The summed E-state index contributed by atoms with van der Waals surface area (Å²) in [6, 6.07) is 16.2. The van der Waals surface area contributed by atoms with E-state index in [1.54, 1.807) is 16.2 Å². The molecule has 2 amide bonds. The number of amides is 2. The van der Waals surface area contributed by atoms with Gasteiger partial charge in [0.15, 0.2) is 0 Å². The van der Waals surface area contributed by atoms with Crippen LogP contribution in [-0.2, 0) is 6.54 Å². The highest BCUT2D eigenvalue weighted by molar-refractivity contribution is 7.08. The van der Waals surface area contributed by atoms with Crippen molar-refractivity contribution in [2.24, 2.45) is 0 Å². The molecule has 0 unspecified atom stereocenters. The quantitative estimate of drug-likeness (QED) is 0.565. The van der Waals surface area contributed by atoms with Crippen LogP contribution in [0, 0.1) is 0 Å². The minimum absolute atomic E-state index is 0.0678. The van der Waals surface area contributed by atoms with E-state index in [4.69, 9.17) is 4.52 Å². The van der Waals surface area contributed by atoms with Gasteiger partial charge in [-0.05, 0) is 27.8 Å². The summed E-state index contributed by atoms with van der Waals surface area (Å²) in [7, 11) is 0. The topological polar surface area (TPSA) is 71.3 Å². The van der Waals surface area contributed by atoms with Crippen LogP contribution < -0.4 is 5.32 Å². The van der Waals surface area contributed by atoms with Crippen LogP contribution in [0.4, 0.5) is 4.79 Å². The van der Waals surface area contributed by atoms with Gasteiger partial charge in [0, 0.05) is 30.6 Å². The number of urea groups is 1. The largest absolute Gasteiger partial charge is 0.339 e. The van der Waals surface area contributed by atoms with Crippen molar-refractivity contribution in [2.75, 3.05) is 13.1 Å². The maximum atomic E-state index is 12.5. The number of hydrogen-bond donors (Lipinski definition) is 1. The van der Waals surface area contributed by atoms with Gasteiger partial charge in [-0.3, -0.25) is 0 Å². The third-order valence-electron chi connectivity index (χ3n) is 5.05. The Kier molecular flexibility index (Phi) is 4.29. The van der Waals surface area contributed by atoms with Gasteiger partial charge in [0.1, 0.15) is 0 Å². The highest BCUT2D eigenvalue weighted by atomic mass is 32.1. The van der Waals surface area contributed by atoms with E-state index in [1.165, 1.54) is 10.8 Å². The molecule has 5 rings (SSSR count).